The fourth-order valence-corrected chi connectivity index (χ4v) is 3.50. The molecule has 2 aromatic carbocycles. The Labute approximate surface area is 147 Å². The molecule has 0 atom stereocenters. The highest BCUT2D eigenvalue weighted by molar-refractivity contribution is 5.95. The van der Waals surface area contributed by atoms with E-state index in [0.717, 1.165) is 32.7 Å². The van der Waals surface area contributed by atoms with Crippen LogP contribution in [-0.2, 0) is 6.54 Å². The molecule has 1 aromatic heterocycles. The zero-order valence-electron chi connectivity index (χ0n) is 14.2. The summed E-state index contributed by atoms with van der Waals surface area (Å²) in [5.74, 6) is 0.519. The lowest BCUT2D eigenvalue weighted by Crippen LogP contribution is -2.47. The molecule has 0 unspecified atom stereocenters. The number of hydrogen-bond acceptors (Lipinski definition) is 4. The van der Waals surface area contributed by atoms with E-state index in [4.69, 9.17) is 4.42 Å². The monoisotopic (exact) mass is 334 g/mol. The minimum Gasteiger partial charge on any atom is -0.461 e. The number of rotatable bonds is 5. The van der Waals surface area contributed by atoms with Crippen molar-refractivity contribution in [1.29, 1.82) is 0 Å². The summed E-state index contributed by atoms with van der Waals surface area (Å²) in [5, 5.41) is 2.63. The summed E-state index contributed by atoms with van der Waals surface area (Å²) in [7, 11) is 0. The summed E-state index contributed by atoms with van der Waals surface area (Å²) in [6, 6.07) is 18.6. The van der Waals surface area contributed by atoms with Crippen molar-refractivity contribution in [3.8, 4) is 0 Å². The average molecular weight is 334 g/mol. The summed E-state index contributed by atoms with van der Waals surface area (Å²) < 4.78 is 5.19. The van der Waals surface area contributed by atoms with Gasteiger partial charge in [0.15, 0.2) is 5.76 Å². The van der Waals surface area contributed by atoms with E-state index in [9.17, 15) is 4.79 Å². The van der Waals surface area contributed by atoms with Gasteiger partial charge in [0.25, 0.3) is 0 Å². The Hall–Kier alpha value is -2.43. The molecule has 3 aromatic rings. The lowest BCUT2D eigenvalue weighted by Gasteiger charge is -2.34. The first-order valence-electron chi connectivity index (χ1n) is 8.78. The van der Waals surface area contributed by atoms with E-state index in [1.165, 1.54) is 16.3 Å². The number of nitrogens with zero attached hydrogens (tertiary/aromatic N) is 2. The van der Waals surface area contributed by atoms with Crippen LogP contribution in [-0.4, -0.2) is 48.3 Å². The summed E-state index contributed by atoms with van der Waals surface area (Å²) in [5.41, 5.74) is 1.37. The third-order valence-corrected chi connectivity index (χ3v) is 4.90. The normalized spacial score (nSPS) is 16.3. The van der Waals surface area contributed by atoms with Crippen LogP contribution in [0.3, 0.4) is 0 Å². The first-order chi connectivity index (χ1) is 12.3. The molecule has 2 heterocycles. The molecule has 0 aliphatic carbocycles. The zero-order chi connectivity index (χ0) is 17.1. The molecule has 25 heavy (non-hydrogen) atoms. The second kappa shape index (κ2) is 7.21. The van der Waals surface area contributed by atoms with E-state index in [-0.39, 0.29) is 5.78 Å². The highest BCUT2D eigenvalue weighted by Gasteiger charge is 2.20. The fourth-order valence-electron chi connectivity index (χ4n) is 3.50. The van der Waals surface area contributed by atoms with Gasteiger partial charge in [-0.1, -0.05) is 42.5 Å². The second-order valence-electron chi connectivity index (χ2n) is 6.59. The van der Waals surface area contributed by atoms with Crippen LogP contribution in [0, 0.1) is 0 Å². The highest BCUT2D eigenvalue weighted by Crippen LogP contribution is 2.20. The van der Waals surface area contributed by atoms with Gasteiger partial charge in [-0.05, 0) is 28.5 Å². The van der Waals surface area contributed by atoms with Crippen molar-refractivity contribution in [2.24, 2.45) is 0 Å². The Morgan fingerprint density at radius 3 is 2.44 bits per heavy atom. The number of piperazine rings is 1. The lowest BCUT2D eigenvalue weighted by atomic mass is 10.0. The van der Waals surface area contributed by atoms with Crippen LogP contribution < -0.4 is 0 Å². The van der Waals surface area contributed by atoms with Crippen molar-refractivity contribution < 1.29 is 9.21 Å². The Morgan fingerprint density at radius 1 is 0.880 bits per heavy atom. The third-order valence-electron chi connectivity index (χ3n) is 4.90. The summed E-state index contributed by atoms with van der Waals surface area (Å²) in [6.45, 7) is 5.19. The van der Waals surface area contributed by atoms with Gasteiger partial charge in [-0.2, -0.15) is 0 Å². The Kier molecular flexibility index (Phi) is 4.63. The number of furan rings is 1. The first kappa shape index (κ1) is 16.1. The predicted molar refractivity (Wildman–Crippen MR) is 98.7 cm³/mol. The van der Waals surface area contributed by atoms with E-state index in [1.807, 2.05) is 0 Å². The van der Waals surface area contributed by atoms with Gasteiger partial charge in [0, 0.05) is 32.7 Å². The molecule has 0 amide bonds. The smallest absolute Gasteiger partial charge is 0.211 e. The van der Waals surface area contributed by atoms with Gasteiger partial charge in [-0.25, -0.2) is 0 Å². The molecular weight excluding hydrogens is 312 g/mol. The van der Waals surface area contributed by atoms with Crippen LogP contribution >= 0.6 is 0 Å². The van der Waals surface area contributed by atoms with Gasteiger partial charge in [0.05, 0.1) is 12.8 Å². The highest BCUT2D eigenvalue weighted by atomic mass is 16.3. The number of carbonyl (C=O) groups is 1. The molecule has 1 fully saturated rings. The molecule has 0 N–H and O–H groups in total. The number of hydrogen-bond donors (Lipinski definition) is 0. The topological polar surface area (TPSA) is 36.7 Å². The molecule has 0 radical (unpaired) electrons. The Balaban J connectivity index is 1.35. The fraction of sp³-hybridized carbons (Fsp3) is 0.286. The van der Waals surface area contributed by atoms with Gasteiger partial charge >= 0.3 is 0 Å². The largest absolute Gasteiger partial charge is 0.461 e. The number of carbonyl (C=O) groups excluding carboxylic acids is 1. The van der Waals surface area contributed by atoms with E-state index in [2.05, 4.69) is 52.3 Å². The first-order valence-corrected chi connectivity index (χ1v) is 8.78. The van der Waals surface area contributed by atoms with Crippen LogP contribution in [0.5, 0.6) is 0 Å². The van der Waals surface area contributed by atoms with E-state index >= 15 is 0 Å². The molecule has 4 nitrogen and oxygen atoms in total. The maximum atomic E-state index is 12.1. The second-order valence-corrected chi connectivity index (χ2v) is 6.59. The van der Waals surface area contributed by atoms with Crippen LogP contribution in [0.15, 0.2) is 65.3 Å². The molecule has 128 valence electrons. The van der Waals surface area contributed by atoms with Gasteiger partial charge in [-0.3, -0.25) is 14.6 Å². The van der Waals surface area contributed by atoms with Crippen molar-refractivity contribution in [3.63, 3.8) is 0 Å². The van der Waals surface area contributed by atoms with Crippen LogP contribution in [0.4, 0.5) is 0 Å². The van der Waals surface area contributed by atoms with E-state index in [1.54, 1.807) is 18.4 Å². The SMILES string of the molecule is O=C(CN1CCN(Cc2cccc3ccccc23)CC1)c1ccco1. The average Bonchev–Trinajstić information content (AvgIpc) is 3.19. The molecule has 4 rings (SSSR count). The van der Waals surface area contributed by atoms with Gasteiger partial charge in [0.2, 0.25) is 5.78 Å². The minimum atomic E-state index is 0.0625. The van der Waals surface area contributed by atoms with Crippen molar-refractivity contribution in [2.45, 2.75) is 6.54 Å². The maximum absolute atomic E-state index is 12.1. The molecule has 1 aliphatic rings. The standard InChI is InChI=1S/C21H22N2O2/c24-20(21-9-4-14-25-21)16-23-12-10-22(11-13-23)15-18-7-3-6-17-5-1-2-8-19(17)18/h1-9,14H,10-13,15-16H2. The van der Waals surface area contributed by atoms with Crippen LogP contribution in [0.1, 0.15) is 16.1 Å². The zero-order valence-corrected chi connectivity index (χ0v) is 14.2. The van der Waals surface area contributed by atoms with Crippen LogP contribution in [0.2, 0.25) is 0 Å². The van der Waals surface area contributed by atoms with Crippen molar-refractivity contribution in [2.75, 3.05) is 32.7 Å². The predicted octanol–water partition coefficient (Wildman–Crippen LogP) is 3.43. The summed E-state index contributed by atoms with van der Waals surface area (Å²) in [4.78, 5) is 16.8. The number of benzene rings is 2. The molecule has 1 aliphatic heterocycles. The summed E-state index contributed by atoms with van der Waals surface area (Å²) >= 11 is 0. The minimum absolute atomic E-state index is 0.0625. The van der Waals surface area contributed by atoms with Crippen molar-refractivity contribution in [3.05, 3.63) is 72.2 Å². The lowest BCUT2D eigenvalue weighted by molar-refractivity contribution is 0.0819. The van der Waals surface area contributed by atoms with Gasteiger partial charge in [0.1, 0.15) is 0 Å². The molecule has 0 spiro atoms. The van der Waals surface area contributed by atoms with E-state index < -0.39 is 0 Å². The Morgan fingerprint density at radius 2 is 1.64 bits per heavy atom. The molecule has 4 heteroatoms. The van der Waals surface area contributed by atoms with Crippen LogP contribution in [0.25, 0.3) is 10.8 Å². The number of fused-ring (bicyclic) bond motifs is 1. The molecular formula is C21H22N2O2. The summed E-state index contributed by atoms with van der Waals surface area (Å²) in [6.07, 6.45) is 1.55. The van der Waals surface area contributed by atoms with Gasteiger partial charge < -0.3 is 4.42 Å². The maximum Gasteiger partial charge on any atom is 0.211 e. The van der Waals surface area contributed by atoms with Crippen molar-refractivity contribution in [1.82, 2.24) is 9.80 Å². The molecule has 0 bridgehead atoms. The Bertz CT molecular complexity index is 844. The molecule has 1 saturated heterocycles. The number of ketones is 1. The van der Waals surface area contributed by atoms with Gasteiger partial charge in [-0.15, -0.1) is 0 Å². The third kappa shape index (κ3) is 3.65. The quantitative estimate of drug-likeness (QED) is 0.670. The number of Topliss-reactive ketones (excluding diaryl/α,β-unsaturated/α-hetero) is 1. The van der Waals surface area contributed by atoms with E-state index in [0.29, 0.717) is 12.3 Å². The molecule has 0 saturated carbocycles. The van der Waals surface area contributed by atoms with Crippen molar-refractivity contribution >= 4 is 16.6 Å².